The van der Waals surface area contributed by atoms with Crippen LogP contribution in [0.5, 0.6) is 0 Å². The van der Waals surface area contributed by atoms with E-state index < -0.39 is 14.2 Å². The van der Waals surface area contributed by atoms with Crippen LogP contribution in [0, 0.1) is 5.92 Å². The van der Waals surface area contributed by atoms with Gasteiger partial charge in [-0.15, -0.1) is 0 Å². The molecular formula is C23H46O5Si. The average Bonchev–Trinajstić information content (AvgIpc) is 2.67. The third-order valence-electron chi connectivity index (χ3n) is 5.47. The number of aliphatic hydroxyl groups is 1. The molecule has 0 radical (unpaired) electrons. The number of unbranched alkanes of at least 4 members (excludes halogenated alkanes) is 6. The molecule has 29 heavy (non-hydrogen) atoms. The smallest absolute Gasteiger partial charge is 0.311 e. The fraction of sp³-hybridized carbons (Fsp3) is 0.957. The van der Waals surface area contributed by atoms with Crippen molar-refractivity contribution >= 4 is 14.0 Å². The Labute approximate surface area is 179 Å². The van der Waals surface area contributed by atoms with Crippen molar-refractivity contribution < 1.29 is 24.1 Å². The van der Waals surface area contributed by atoms with Crippen LogP contribution in [0.25, 0.3) is 0 Å². The minimum absolute atomic E-state index is 0.0366. The van der Waals surface area contributed by atoms with Crippen molar-refractivity contribution in [1.82, 2.24) is 0 Å². The molecule has 0 aromatic carbocycles. The lowest BCUT2D eigenvalue weighted by Gasteiger charge is -2.27. The van der Waals surface area contributed by atoms with E-state index in [0.29, 0.717) is 13.0 Å². The second kappa shape index (κ2) is 15.4. The molecule has 3 atom stereocenters. The molecule has 0 bridgehead atoms. The number of carbonyl (C=O) groups is 1. The number of esters is 1. The molecule has 1 fully saturated rings. The van der Waals surface area contributed by atoms with Gasteiger partial charge in [-0.3, -0.25) is 4.79 Å². The number of ether oxygens (including phenoxy) is 3. The number of hydrogen-bond donors (Lipinski definition) is 1. The highest BCUT2D eigenvalue weighted by molar-refractivity contribution is 6.76. The Morgan fingerprint density at radius 2 is 1.72 bits per heavy atom. The Morgan fingerprint density at radius 3 is 2.31 bits per heavy atom. The number of hydrogen-bond acceptors (Lipinski definition) is 5. The van der Waals surface area contributed by atoms with Gasteiger partial charge in [-0.25, -0.2) is 0 Å². The van der Waals surface area contributed by atoms with Crippen LogP contribution in [0.15, 0.2) is 0 Å². The minimum Gasteiger partial charge on any atom is -0.466 e. The van der Waals surface area contributed by atoms with E-state index in [1.54, 1.807) is 0 Å². The minimum atomic E-state index is -1.44. The first-order valence-electron chi connectivity index (χ1n) is 11.9. The van der Waals surface area contributed by atoms with Gasteiger partial charge in [-0.2, -0.15) is 0 Å². The molecule has 1 aliphatic heterocycles. The molecule has 0 aromatic heterocycles. The maximum Gasteiger partial charge on any atom is 0.311 e. The van der Waals surface area contributed by atoms with Crippen molar-refractivity contribution in [2.24, 2.45) is 5.92 Å². The third-order valence-corrected chi connectivity index (χ3v) is 7.14. The highest BCUT2D eigenvalue weighted by Gasteiger charge is 2.32. The second-order valence-electron chi connectivity index (χ2n) is 9.62. The van der Waals surface area contributed by atoms with Gasteiger partial charge in [0.1, 0.15) is 0 Å². The first-order valence-corrected chi connectivity index (χ1v) is 15.6. The van der Waals surface area contributed by atoms with E-state index in [9.17, 15) is 9.90 Å². The topological polar surface area (TPSA) is 65.0 Å². The summed E-state index contributed by atoms with van der Waals surface area (Å²) in [5, 5.41) is 10.6. The monoisotopic (exact) mass is 430 g/mol. The van der Waals surface area contributed by atoms with E-state index in [0.717, 1.165) is 44.9 Å². The lowest BCUT2D eigenvalue weighted by Crippen LogP contribution is -2.36. The van der Waals surface area contributed by atoms with Crippen molar-refractivity contribution in [2.45, 2.75) is 116 Å². The molecule has 1 N–H and O–H groups in total. The van der Waals surface area contributed by atoms with Gasteiger partial charge in [0.15, 0.2) is 6.29 Å². The molecule has 1 aliphatic rings. The molecule has 6 heteroatoms. The zero-order chi connectivity index (χ0) is 21.5. The number of aliphatic hydroxyl groups excluding tert-OH is 1. The van der Waals surface area contributed by atoms with E-state index in [1.165, 1.54) is 38.5 Å². The van der Waals surface area contributed by atoms with E-state index in [2.05, 4.69) is 19.6 Å². The standard InChI is InChI=1S/C23H46O5Si/c1-5-26-23(25)20(19-29(2,3)4)21(24)15-11-9-7-6-8-10-13-17-27-22-16-12-14-18-28-22/h20-22,24H,5-19H2,1-4H3. The predicted octanol–water partition coefficient (Wildman–Crippen LogP) is 5.53. The van der Waals surface area contributed by atoms with E-state index in [1.807, 2.05) is 6.92 Å². The Kier molecular flexibility index (Phi) is 14.1. The molecule has 1 saturated heterocycles. The van der Waals surface area contributed by atoms with Crippen LogP contribution in [0.1, 0.15) is 77.6 Å². The molecule has 3 unspecified atom stereocenters. The Hall–Kier alpha value is -0.433. The summed E-state index contributed by atoms with van der Waals surface area (Å²) in [7, 11) is -1.44. The van der Waals surface area contributed by atoms with Crippen LogP contribution in [0.4, 0.5) is 0 Å². The zero-order valence-electron chi connectivity index (χ0n) is 19.4. The Bertz CT molecular complexity index is 418. The van der Waals surface area contributed by atoms with Gasteiger partial charge in [0.25, 0.3) is 0 Å². The largest absolute Gasteiger partial charge is 0.466 e. The molecule has 0 aromatic rings. The summed E-state index contributed by atoms with van der Waals surface area (Å²) in [6.45, 7) is 10.6. The fourth-order valence-corrected chi connectivity index (χ4v) is 5.64. The van der Waals surface area contributed by atoms with Crippen molar-refractivity contribution in [3.05, 3.63) is 0 Å². The highest BCUT2D eigenvalue weighted by atomic mass is 28.3. The second-order valence-corrected chi connectivity index (χ2v) is 15.2. The summed E-state index contributed by atoms with van der Waals surface area (Å²) in [6.07, 6.45) is 11.7. The normalized spacial score (nSPS) is 19.7. The first kappa shape index (κ1) is 26.6. The fourth-order valence-electron chi connectivity index (χ4n) is 3.88. The van der Waals surface area contributed by atoms with Gasteiger partial charge < -0.3 is 19.3 Å². The Balaban J connectivity index is 2.05. The van der Waals surface area contributed by atoms with Crippen LogP contribution in [0.3, 0.4) is 0 Å². The quantitative estimate of drug-likeness (QED) is 0.198. The van der Waals surface area contributed by atoms with Crippen molar-refractivity contribution in [3.63, 3.8) is 0 Å². The molecule has 5 nitrogen and oxygen atoms in total. The van der Waals surface area contributed by atoms with Gasteiger partial charge >= 0.3 is 5.97 Å². The van der Waals surface area contributed by atoms with Crippen LogP contribution in [0.2, 0.25) is 25.7 Å². The predicted molar refractivity (Wildman–Crippen MR) is 121 cm³/mol. The highest BCUT2D eigenvalue weighted by Crippen LogP contribution is 2.24. The number of carbonyl (C=O) groups excluding carboxylic acids is 1. The maximum atomic E-state index is 12.2. The van der Waals surface area contributed by atoms with Gasteiger partial charge in [0.2, 0.25) is 0 Å². The van der Waals surface area contributed by atoms with Gasteiger partial charge in [0.05, 0.1) is 18.6 Å². The van der Waals surface area contributed by atoms with Crippen molar-refractivity contribution in [1.29, 1.82) is 0 Å². The van der Waals surface area contributed by atoms with E-state index in [-0.39, 0.29) is 18.2 Å². The molecule has 0 aliphatic carbocycles. The lowest BCUT2D eigenvalue weighted by molar-refractivity contribution is -0.162. The first-order chi connectivity index (χ1) is 13.8. The summed E-state index contributed by atoms with van der Waals surface area (Å²) in [4.78, 5) is 12.2. The van der Waals surface area contributed by atoms with Crippen LogP contribution >= 0.6 is 0 Å². The van der Waals surface area contributed by atoms with Crippen molar-refractivity contribution in [2.75, 3.05) is 19.8 Å². The van der Waals surface area contributed by atoms with Gasteiger partial charge in [-0.05, 0) is 45.1 Å². The molecule has 0 saturated carbocycles. The third kappa shape index (κ3) is 13.5. The van der Waals surface area contributed by atoms with Gasteiger partial charge in [0, 0.05) is 21.3 Å². The SMILES string of the molecule is CCOC(=O)C(C[Si](C)(C)C)C(O)CCCCCCCCCOC1CCCCO1. The van der Waals surface area contributed by atoms with Crippen LogP contribution in [-0.2, 0) is 19.0 Å². The molecule has 0 spiro atoms. The Morgan fingerprint density at radius 1 is 1.07 bits per heavy atom. The molecule has 1 heterocycles. The molecule has 172 valence electrons. The van der Waals surface area contributed by atoms with Crippen molar-refractivity contribution in [3.8, 4) is 0 Å². The number of rotatable bonds is 16. The van der Waals surface area contributed by atoms with Gasteiger partial charge in [-0.1, -0.05) is 58.2 Å². The van der Waals surface area contributed by atoms with E-state index in [4.69, 9.17) is 14.2 Å². The molecule has 1 rings (SSSR count). The summed E-state index contributed by atoms with van der Waals surface area (Å²) in [5.41, 5.74) is 0. The van der Waals surface area contributed by atoms with Crippen LogP contribution in [-0.4, -0.2) is 51.4 Å². The maximum absolute atomic E-state index is 12.2. The summed E-state index contributed by atoms with van der Waals surface area (Å²) >= 11 is 0. The summed E-state index contributed by atoms with van der Waals surface area (Å²) in [5.74, 6) is -0.571. The zero-order valence-corrected chi connectivity index (χ0v) is 20.4. The average molecular weight is 431 g/mol. The molecular weight excluding hydrogens is 384 g/mol. The lowest BCUT2D eigenvalue weighted by atomic mass is 9.98. The van der Waals surface area contributed by atoms with Crippen LogP contribution < -0.4 is 0 Å². The summed E-state index contributed by atoms with van der Waals surface area (Å²) in [6, 6.07) is 0.793. The van der Waals surface area contributed by atoms with E-state index >= 15 is 0 Å². The summed E-state index contributed by atoms with van der Waals surface area (Å²) < 4.78 is 16.5. The molecule has 0 amide bonds.